The Hall–Kier alpha value is -1.92. The molecule has 2 amide bonds. The molecule has 0 spiro atoms. The summed E-state index contributed by atoms with van der Waals surface area (Å²) >= 11 is 0. The summed E-state index contributed by atoms with van der Waals surface area (Å²) in [7, 11) is 0. The average Bonchev–Trinajstić information content (AvgIpc) is 2.33. The van der Waals surface area contributed by atoms with Crippen molar-refractivity contribution in [1.82, 2.24) is 10.6 Å². The molecule has 1 aromatic carbocycles. The molecule has 1 aromatic rings. The zero-order valence-corrected chi connectivity index (χ0v) is 11.3. The number of nitrogens with one attached hydrogen (secondary N) is 2. The molecule has 0 atom stereocenters. The lowest BCUT2D eigenvalue weighted by Crippen LogP contribution is -2.37. The monoisotopic (exact) mass is 290 g/mol. The topological polar surface area (TPSA) is 50.4 Å². The van der Waals surface area contributed by atoms with Crippen LogP contribution in [-0.2, 0) is 6.54 Å². The molecule has 0 aliphatic carbocycles. The van der Waals surface area contributed by atoms with E-state index in [-0.39, 0.29) is 17.9 Å². The average molecular weight is 290 g/mol. The molecule has 112 valence electrons. The number of hydrogen-bond donors (Lipinski definition) is 2. The van der Waals surface area contributed by atoms with Crippen LogP contribution in [0, 0.1) is 5.92 Å². The maximum Gasteiger partial charge on any atom is 0.573 e. The van der Waals surface area contributed by atoms with Crippen molar-refractivity contribution < 1.29 is 22.7 Å². The number of carbonyl (C=O) groups excluding carboxylic acids is 1. The molecule has 7 heteroatoms. The molecule has 0 radical (unpaired) electrons. The van der Waals surface area contributed by atoms with Crippen LogP contribution in [0.1, 0.15) is 19.4 Å². The second kappa shape index (κ2) is 7.02. The fraction of sp³-hybridized carbons (Fsp3) is 0.462. The highest BCUT2D eigenvalue weighted by Crippen LogP contribution is 2.25. The largest absolute Gasteiger partial charge is 0.573 e. The Morgan fingerprint density at radius 2 is 1.90 bits per heavy atom. The van der Waals surface area contributed by atoms with Crippen LogP contribution >= 0.6 is 0 Å². The fourth-order valence-corrected chi connectivity index (χ4v) is 1.41. The van der Waals surface area contributed by atoms with Crippen molar-refractivity contribution in [3.8, 4) is 5.75 Å². The van der Waals surface area contributed by atoms with E-state index in [1.165, 1.54) is 18.2 Å². The van der Waals surface area contributed by atoms with E-state index in [4.69, 9.17) is 0 Å². The summed E-state index contributed by atoms with van der Waals surface area (Å²) in [5, 5.41) is 5.09. The molecule has 0 bridgehead atoms. The quantitative estimate of drug-likeness (QED) is 0.875. The van der Waals surface area contributed by atoms with E-state index in [9.17, 15) is 18.0 Å². The van der Waals surface area contributed by atoms with Crippen LogP contribution in [0.2, 0.25) is 0 Å². The Kier molecular flexibility index (Phi) is 5.66. The van der Waals surface area contributed by atoms with Gasteiger partial charge in [-0.05, 0) is 12.0 Å². The molecule has 0 fully saturated rings. The Morgan fingerprint density at radius 3 is 2.50 bits per heavy atom. The second-order valence-corrected chi connectivity index (χ2v) is 4.61. The molecule has 0 heterocycles. The van der Waals surface area contributed by atoms with Gasteiger partial charge in [-0.1, -0.05) is 32.0 Å². The summed E-state index contributed by atoms with van der Waals surface area (Å²) in [6.07, 6.45) is -4.75. The highest BCUT2D eigenvalue weighted by atomic mass is 19.4. The lowest BCUT2D eigenvalue weighted by Gasteiger charge is -2.14. The molecule has 2 N–H and O–H groups in total. The van der Waals surface area contributed by atoms with Gasteiger partial charge in [-0.25, -0.2) is 4.79 Å². The number of halogens is 3. The number of amides is 2. The number of urea groups is 1. The Bertz CT molecular complexity index is 447. The van der Waals surface area contributed by atoms with Crippen LogP contribution in [0.15, 0.2) is 24.3 Å². The van der Waals surface area contributed by atoms with Crippen molar-refractivity contribution in [3.05, 3.63) is 29.8 Å². The van der Waals surface area contributed by atoms with E-state index in [1.807, 2.05) is 13.8 Å². The SMILES string of the molecule is CC(C)CNC(=O)NCc1ccccc1OC(F)(F)F. The zero-order valence-electron chi connectivity index (χ0n) is 11.3. The summed E-state index contributed by atoms with van der Waals surface area (Å²) in [6, 6.07) is 5.25. The molecule has 4 nitrogen and oxygen atoms in total. The van der Waals surface area contributed by atoms with Crippen LogP contribution in [0.25, 0.3) is 0 Å². The number of benzene rings is 1. The minimum Gasteiger partial charge on any atom is -0.405 e. The second-order valence-electron chi connectivity index (χ2n) is 4.61. The van der Waals surface area contributed by atoms with Crippen molar-refractivity contribution in [3.63, 3.8) is 0 Å². The lowest BCUT2D eigenvalue weighted by atomic mass is 10.2. The molecule has 1 rings (SSSR count). The summed E-state index contributed by atoms with van der Waals surface area (Å²) < 4.78 is 40.5. The Labute approximate surface area is 115 Å². The first-order valence-corrected chi connectivity index (χ1v) is 6.13. The third-order valence-electron chi connectivity index (χ3n) is 2.31. The van der Waals surface area contributed by atoms with Crippen LogP contribution < -0.4 is 15.4 Å². The molecule has 20 heavy (non-hydrogen) atoms. The van der Waals surface area contributed by atoms with Gasteiger partial charge in [0, 0.05) is 18.7 Å². The van der Waals surface area contributed by atoms with Gasteiger partial charge in [0.05, 0.1) is 0 Å². The highest BCUT2D eigenvalue weighted by Gasteiger charge is 2.31. The van der Waals surface area contributed by atoms with E-state index in [2.05, 4.69) is 15.4 Å². The zero-order chi connectivity index (χ0) is 15.2. The lowest BCUT2D eigenvalue weighted by molar-refractivity contribution is -0.274. The highest BCUT2D eigenvalue weighted by molar-refractivity contribution is 5.73. The summed E-state index contributed by atoms with van der Waals surface area (Å²) in [5.74, 6) is -0.0224. The summed E-state index contributed by atoms with van der Waals surface area (Å²) in [5.41, 5.74) is 0.254. The predicted octanol–water partition coefficient (Wildman–Crippen LogP) is 3.04. The number of carbonyl (C=O) groups is 1. The Morgan fingerprint density at radius 1 is 1.25 bits per heavy atom. The van der Waals surface area contributed by atoms with Gasteiger partial charge in [-0.2, -0.15) is 0 Å². The van der Waals surface area contributed by atoms with Crippen LogP contribution in [-0.4, -0.2) is 18.9 Å². The van der Waals surface area contributed by atoms with Gasteiger partial charge in [0.2, 0.25) is 0 Å². The van der Waals surface area contributed by atoms with Gasteiger partial charge in [-0.3, -0.25) is 0 Å². The normalized spacial score (nSPS) is 11.3. The number of rotatable bonds is 5. The van der Waals surface area contributed by atoms with E-state index in [0.29, 0.717) is 12.5 Å². The molecule has 0 aliphatic rings. The number of ether oxygens (including phenoxy) is 1. The van der Waals surface area contributed by atoms with Gasteiger partial charge in [0.15, 0.2) is 0 Å². The van der Waals surface area contributed by atoms with Crippen molar-refractivity contribution in [2.45, 2.75) is 26.8 Å². The standard InChI is InChI=1S/C13H17F3N2O2/c1-9(2)7-17-12(19)18-8-10-5-3-4-6-11(10)20-13(14,15)16/h3-6,9H,7-8H2,1-2H3,(H2,17,18,19). The van der Waals surface area contributed by atoms with Crippen molar-refractivity contribution in [2.24, 2.45) is 5.92 Å². The smallest absolute Gasteiger partial charge is 0.405 e. The van der Waals surface area contributed by atoms with Gasteiger partial charge < -0.3 is 15.4 Å². The first-order chi connectivity index (χ1) is 9.28. The molecule has 0 aromatic heterocycles. The molecule has 0 saturated heterocycles. The van der Waals surface area contributed by atoms with E-state index < -0.39 is 12.4 Å². The minimum absolute atomic E-state index is 0.0455. The molecular weight excluding hydrogens is 273 g/mol. The van der Waals surface area contributed by atoms with E-state index >= 15 is 0 Å². The Balaban J connectivity index is 2.57. The number of alkyl halides is 3. The van der Waals surface area contributed by atoms with Gasteiger partial charge in [0.1, 0.15) is 5.75 Å². The third-order valence-corrected chi connectivity index (χ3v) is 2.31. The number of hydrogen-bond acceptors (Lipinski definition) is 2. The van der Waals surface area contributed by atoms with Gasteiger partial charge in [0.25, 0.3) is 0 Å². The molecular formula is C13H17F3N2O2. The summed E-state index contributed by atoms with van der Waals surface area (Å²) in [6.45, 7) is 4.32. The molecule has 0 unspecified atom stereocenters. The van der Waals surface area contributed by atoms with E-state index in [0.717, 1.165) is 0 Å². The molecule has 0 aliphatic heterocycles. The minimum atomic E-state index is -4.75. The predicted molar refractivity (Wildman–Crippen MR) is 68.2 cm³/mol. The van der Waals surface area contributed by atoms with Gasteiger partial charge >= 0.3 is 12.4 Å². The van der Waals surface area contributed by atoms with Crippen LogP contribution in [0.4, 0.5) is 18.0 Å². The maximum absolute atomic E-state index is 12.2. The number of para-hydroxylation sites is 1. The van der Waals surface area contributed by atoms with Crippen molar-refractivity contribution >= 4 is 6.03 Å². The summed E-state index contributed by atoms with van der Waals surface area (Å²) in [4.78, 5) is 11.4. The van der Waals surface area contributed by atoms with Crippen molar-refractivity contribution in [2.75, 3.05) is 6.54 Å². The fourth-order valence-electron chi connectivity index (χ4n) is 1.41. The van der Waals surface area contributed by atoms with Crippen molar-refractivity contribution in [1.29, 1.82) is 0 Å². The maximum atomic E-state index is 12.2. The third kappa shape index (κ3) is 6.31. The first kappa shape index (κ1) is 16.1. The van der Waals surface area contributed by atoms with Crippen LogP contribution in [0.5, 0.6) is 5.75 Å². The van der Waals surface area contributed by atoms with Gasteiger partial charge in [-0.15, -0.1) is 13.2 Å². The first-order valence-electron chi connectivity index (χ1n) is 6.13. The van der Waals surface area contributed by atoms with Crippen LogP contribution in [0.3, 0.4) is 0 Å². The molecule has 0 saturated carbocycles. The van der Waals surface area contributed by atoms with E-state index in [1.54, 1.807) is 6.07 Å².